The van der Waals surface area contributed by atoms with E-state index in [4.69, 9.17) is 4.74 Å². The summed E-state index contributed by atoms with van der Waals surface area (Å²) in [6, 6.07) is 7.91. The monoisotopic (exact) mass is 234 g/mol. The summed E-state index contributed by atoms with van der Waals surface area (Å²) >= 11 is 0. The van der Waals surface area contributed by atoms with Gasteiger partial charge < -0.3 is 4.74 Å². The number of hydrogen-bond donors (Lipinski definition) is 0. The number of ketones is 2. The maximum atomic E-state index is 11.6. The number of rotatable bonds is 3. The molecule has 0 spiro atoms. The molecule has 4 nitrogen and oxygen atoms in total. The van der Waals surface area contributed by atoms with E-state index >= 15 is 0 Å². The summed E-state index contributed by atoms with van der Waals surface area (Å²) in [4.78, 5) is 34.5. The van der Waals surface area contributed by atoms with E-state index in [0.29, 0.717) is 0 Å². The smallest absolute Gasteiger partial charge is 0.383 e. The Labute approximate surface area is 99.6 Å². The first kappa shape index (κ1) is 13.1. The second-order valence-electron chi connectivity index (χ2n) is 4.53. The minimum atomic E-state index is -1.15. The summed E-state index contributed by atoms with van der Waals surface area (Å²) in [7, 11) is 0. The van der Waals surface area contributed by atoms with E-state index < -0.39 is 23.1 Å². The van der Waals surface area contributed by atoms with Crippen molar-refractivity contribution in [2.75, 3.05) is 0 Å². The van der Waals surface area contributed by atoms with Crippen LogP contribution < -0.4 is 0 Å². The van der Waals surface area contributed by atoms with Gasteiger partial charge in [0.1, 0.15) is 5.60 Å². The van der Waals surface area contributed by atoms with Crippen molar-refractivity contribution < 1.29 is 19.1 Å². The maximum absolute atomic E-state index is 11.6. The standard InChI is InChI=1S/C13H14O4/c1-13(2,3)17-12(16)11(15)10(14)9-7-5-4-6-8-9/h4-8H,1-3H3. The summed E-state index contributed by atoms with van der Waals surface area (Å²) < 4.78 is 4.83. The third-order valence-corrected chi connectivity index (χ3v) is 1.83. The second-order valence-corrected chi connectivity index (χ2v) is 4.53. The average molecular weight is 234 g/mol. The molecule has 1 aromatic rings. The van der Waals surface area contributed by atoms with Crippen molar-refractivity contribution in [2.24, 2.45) is 0 Å². The fraction of sp³-hybridized carbons (Fsp3) is 0.308. The number of carbonyl (C=O) groups excluding carboxylic acids is 3. The number of esters is 1. The topological polar surface area (TPSA) is 60.4 Å². The quantitative estimate of drug-likeness (QED) is 0.346. The van der Waals surface area contributed by atoms with Gasteiger partial charge in [-0.25, -0.2) is 4.79 Å². The van der Waals surface area contributed by atoms with E-state index in [1.165, 1.54) is 12.1 Å². The Morgan fingerprint density at radius 1 is 1.00 bits per heavy atom. The molecule has 0 radical (unpaired) electrons. The van der Waals surface area contributed by atoms with Gasteiger partial charge in [-0.2, -0.15) is 0 Å². The zero-order chi connectivity index (χ0) is 13.1. The van der Waals surface area contributed by atoms with Crippen LogP contribution >= 0.6 is 0 Å². The predicted molar refractivity (Wildman–Crippen MR) is 61.6 cm³/mol. The van der Waals surface area contributed by atoms with E-state index in [1.54, 1.807) is 39.0 Å². The number of carbonyl (C=O) groups is 3. The van der Waals surface area contributed by atoms with E-state index in [0.717, 1.165) is 0 Å². The molecule has 17 heavy (non-hydrogen) atoms. The van der Waals surface area contributed by atoms with E-state index in [1.807, 2.05) is 0 Å². The Bertz CT molecular complexity index is 440. The van der Waals surface area contributed by atoms with Gasteiger partial charge in [-0.1, -0.05) is 30.3 Å². The Hall–Kier alpha value is -1.97. The first-order chi connectivity index (χ1) is 7.81. The largest absolute Gasteiger partial charge is 0.454 e. The van der Waals surface area contributed by atoms with Gasteiger partial charge in [0.25, 0.3) is 0 Å². The molecular formula is C13H14O4. The molecule has 0 fully saturated rings. The third-order valence-electron chi connectivity index (χ3n) is 1.83. The fourth-order valence-electron chi connectivity index (χ4n) is 1.14. The summed E-state index contributed by atoms with van der Waals surface area (Å²) in [6.07, 6.45) is 0. The van der Waals surface area contributed by atoms with Gasteiger partial charge >= 0.3 is 11.8 Å². The Balaban J connectivity index is 2.78. The Morgan fingerprint density at radius 2 is 1.53 bits per heavy atom. The van der Waals surface area contributed by atoms with Crippen molar-refractivity contribution in [3.8, 4) is 0 Å². The molecule has 0 unspecified atom stereocenters. The van der Waals surface area contributed by atoms with Gasteiger partial charge in [0.2, 0.25) is 5.78 Å². The highest BCUT2D eigenvalue weighted by atomic mass is 16.6. The summed E-state index contributed by atoms with van der Waals surface area (Å²) in [6.45, 7) is 4.89. The van der Waals surface area contributed by atoms with Crippen LogP contribution in [0.5, 0.6) is 0 Å². The van der Waals surface area contributed by atoms with Crippen molar-refractivity contribution in [3.63, 3.8) is 0 Å². The molecule has 90 valence electrons. The van der Waals surface area contributed by atoms with Crippen molar-refractivity contribution in [2.45, 2.75) is 26.4 Å². The molecule has 4 heteroatoms. The highest BCUT2D eigenvalue weighted by Gasteiger charge is 2.29. The van der Waals surface area contributed by atoms with Crippen LogP contribution in [0.25, 0.3) is 0 Å². The number of benzene rings is 1. The normalized spacial score (nSPS) is 10.8. The van der Waals surface area contributed by atoms with Crippen LogP contribution in [0.3, 0.4) is 0 Å². The lowest BCUT2D eigenvalue weighted by Crippen LogP contribution is -2.33. The molecule has 0 heterocycles. The van der Waals surface area contributed by atoms with Crippen LogP contribution in [-0.4, -0.2) is 23.1 Å². The first-order valence-corrected chi connectivity index (χ1v) is 5.18. The minimum Gasteiger partial charge on any atom is -0.454 e. The molecule has 0 aliphatic rings. The molecule has 0 amide bonds. The average Bonchev–Trinajstić information content (AvgIpc) is 2.26. The molecule has 0 aromatic heterocycles. The molecule has 0 aliphatic heterocycles. The molecule has 0 N–H and O–H groups in total. The minimum absolute atomic E-state index is 0.184. The SMILES string of the molecule is CC(C)(C)OC(=O)C(=O)C(=O)c1ccccc1. The number of hydrogen-bond acceptors (Lipinski definition) is 4. The molecule has 0 saturated carbocycles. The van der Waals surface area contributed by atoms with Crippen LogP contribution in [0.4, 0.5) is 0 Å². The van der Waals surface area contributed by atoms with Gasteiger partial charge in [0.05, 0.1) is 0 Å². The maximum Gasteiger partial charge on any atom is 0.383 e. The van der Waals surface area contributed by atoms with Crippen molar-refractivity contribution in [1.29, 1.82) is 0 Å². The van der Waals surface area contributed by atoms with Crippen LogP contribution in [0.2, 0.25) is 0 Å². The number of ether oxygens (including phenoxy) is 1. The first-order valence-electron chi connectivity index (χ1n) is 5.18. The van der Waals surface area contributed by atoms with Crippen LogP contribution in [0.1, 0.15) is 31.1 Å². The number of Topliss-reactive ketones (excluding diaryl/α,β-unsaturated/α-hetero) is 2. The summed E-state index contributed by atoms with van der Waals surface area (Å²) in [5.41, 5.74) is -0.604. The molecule has 1 rings (SSSR count). The highest BCUT2D eigenvalue weighted by molar-refractivity contribution is 6.65. The van der Waals surface area contributed by atoms with Gasteiger partial charge in [-0.3, -0.25) is 9.59 Å². The second kappa shape index (κ2) is 4.91. The van der Waals surface area contributed by atoms with Gasteiger partial charge in [-0.15, -0.1) is 0 Å². The Kier molecular flexibility index (Phi) is 3.78. The van der Waals surface area contributed by atoms with Crippen molar-refractivity contribution in [3.05, 3.63) is 35.9 Å². The van der Waals surface area contributed by atoms with E-state index in [9.17, 15) is 14.4 Å². The zero-order valence-corrected chi connectivity index (χ0v) is 10.0. The molecule has 0 atom stereocenters. The molecule has 0 aliphatic carbocycles. The lowest BCUT2D eigenvalue weighted by molar-refractivity contribution is -0.160. The van der Waals surface area contributed by atoms with Crippen molar-refractivity contribution in [1.82, 2.24) is 0 Å². The van der Waals surface area contributed by atoms with Crippen LogP contribution in [-0.2, 0) is 14.3 Å². The van der Waals surface area contributed by atoms with Gasteiger partial charge in [0.15, 0.2) is 0 Å². The molecule has 1 aromatic carbocycles. The molecule has 0 bridgehead atoms. The van der Waals surface area contributed by atoms with Gasteiger partial charge in [-0.05, 0) is 20.8 Å². The summed E-state index contributed by atoms with van der Waals surface area (Å²) in [5, 5.41) is 0. The predicted octanol–water partition coefficient (Wildman–Crippen LogP) is 1.78. The van der Waals surface area contributed by atoms with E-state index in [-0.39, 0.29) is 5.56 Å². The lowest BCUT2D eigenvalue weighted by Gasteiger charge is -2.18. The van der Waals surface area contributed by atoms with Gasteiger partial charge in [0, 0.05) is 5.56 Å². The fourth-order valence-corrected chi connectivity index (χ4v) is 1.14. The Morgan fingerprint density at radius 3 is 2.00 bits per heavy atom. The zero-order valence-electron chi connectivity index (χ0n) is 10.0. The van der Waals surface area contributed by atoms with Crippen molar-refractivity contribution >= 4 is 17.5 Å². The third kappa shape index (κ3) is 3.83. The molecule has 0 saturated heterocycles. The highest BCUT2D eigenvalue weighted by Crippen LogP contribution is 2.09. The molecular weight excluding hydrogens is 220 g/mol. The van der Waals surface area contributed by atoms with Crippen LogP contribution in [0.15, 0.2) is 30.3 Å². The lowest BCUT2D eigenvalue weighted by atomic mass is 10.1. The summed E-state index contributed by atoms with van der Waals surface area (Å²) in [5.74, 6) is -3.11. The van der Waals surface area contributed by atoms with Crippen LogP contribution in [0, 0.1) is 0 Å². The van der Waals surface area contributed by atoms with E-state index in [2.05, 4.69) is 0 Å².